The molecule has 2 bridgehead atoms. The molecule has 2 saturated carbocycles. The average Bonchev–Trinajstić information content (AvgIpc) is 2.72. The monoisotopic (exact) mass is 418 g/mol. The van der Waals surface area contributed by atoms with Crippen molar-refractivity contribution in [2.75, 3.05) is 6.26 Å². The quantitative estimate of drug-likeness (QED) is 0.564. The molecule has 1 aromatic carbocycles. The van der Waals surface area contributed by atoms with Crippen molar-refractivity contribution >= 4 is 10.9 Å². The highest BCUT2D eigenvalue weighted by atomic mass is 127. The van der Waals surface area contributed by atoms with Gasteiger partial charge in [-0.1, -0.05) is 51.1 Å². The first-order valence-electron chi connectivity index (χ1n) is 7.71. The van der Waals surface area contributed by atoms with Crippen molar-refractivity contribution in [1.82, 2.24) is 0 Å². The summed E-state index contributed by atoms with van der Waals surface area (Å²) in [6, 6.07) is 10.8. The third-order valence-corrected chi connectivity index (χ3v) is 8.74. The number of rotatable bonds is 3. The fraction of sp³-hybridized carbons (Fsp3) is 0.667. The first-order valence-corrected chi connectivity index (χ1v) is 9.58. The van der Waals surface area contributed by atoms with Crippen molar-refractivity contribution < 1.29 is 29.1 Å². The van der Waals surface area contributed by atoms with Gasteiger partial charge in [0.1, 0.15) is 17.1 Å². The maximum atomic E-state index is 10.9. The standard InChI is InChI=1S/C18H27OS.HI/c1-17(2)14-10-11-18(17,3)16(19)15(14)20(4)12-13-8-6-5-7-9-13;/h5-9,14-16,19H,10-12H2,1-4H3;1H/q+1;/p-1/t14-,15-,16-,18+,20?;/m1./s1. The van der Waals surface area contributed by atoms with E-state index in [2.05, 4.69) is 57.4 Å². The van der Waals surface area contributed by atoms with Crippen LogP contribution in [0.5, 0.6) is 0 Å². The number of hydrogen-bond acceptors (Lipinski definition) is 1. The molecule has 3 heteroatoms. The summed E-state index contributed by atoms with van der Waals surface area (Å²) in [6.45, 7) is 7.08. The molecule has 118 valence electrons. The van der Waals surface area contributed by atoms with Crippen molar-refractivity contribution in [1.29, 1.82) is 0 Å². The van der Waals surface area contributed by atoms with Crippen LogP contribution >= 0.6 is 0 Å². The van der Waals surface area contributed by atoms with E-state index in [0.717, 1.165) is 5.75 Å². The maximum Gasteiger partial charge on any atom is 0.147 e. The van der Waals surface area contributed by atoms with Crippen LogP contribution in [0.15, 0.2) is 30.3 Å². The minimum atomic E-state index is -0.117. The van der Waals surface area contributed by atoms with Crippen LogP contribution in [0.3, 0.4) is 0 Å². The van der Waals surface area contributed by atoms with Crippen molar-refractivity contribution in [3.05, 3.63) is 35.9 Å². The molecule has 3 rings (SSSR count). The van der Waals surface area contributed by atoms with Crippen molar-refractivity contribution in [2.45, 2.75) is 50.7 Å². The van der Waals surface area contributed by atoms with E-state index < -0.39 is 0 Å². The third kappa shape index (κ3) is 2.57. The number of aliphatic hydroxyl groups excluding tert-OH is 1. The van der Waals surface area contributed by atoms with Crippen LogP contribution in [-0.2, 0) is 16.6 Å². The summed E-state index contributed by atoms with van der Waals surface area (Å²) in [7, 11) is 0.252. The molecule has 1 aromatic rings. The Morgan fingerprint density at radius 3 is 2.33 bits per heavy atom. The van der Waals surface area contributed by atoms with Crippen LogP contribution in [0.4, 0.5) is 0 Å². The molecule has 0 amide bonds. The zero-order chi connectivity index (χ0) is 14.5. The highest BCUT2D eigenvalue weighted by Crippen LogP contribution is 2.66. The van der Waals surface area contributed by atoms with E-state index in [9.17, 15) is 5.11 Å². The Hall–Kier alpha value is 0.260. The van der Waals surface area contributed by atoms with Crippen molar-refractivity contribution in [3.8, 4) is 0 Å². The lowest BCUT2D eigenvalue weighted by Gasteiger charge is -2.36. The number of halogens is 1. The van der Waals surface area contributed by atoms with Gasteiger partial charge in [-0.15, -0.1) is 0 Å². The fourth-order valence-corrected chi connectivity index (χ4v) is 7.37. The second kappa shape index (κ2) is 6.04. The first kappa shape index (κ1) is 17.6. The summed E-state index contributed by atoms with van der Waals surface area (Å²) < 4.78 is 0. The van der Waals surface area contributed by atoms with Gasteiger partial charge in [0.2, 0.25) is 0 Å². The summed E-state index contributed by atoms with van der Waals surface area (Å²) >= 11 is 0. The molecule has 0 radical (unpaired) electrons. The molecular weight excluding hydrogens is 391 g/mol. The van der Waals surface area contributed by atoms with E-state index in [4.69, 9.17) is 0 Å². The van der Waals surface area contributed by atoms with Gasteiger partial charge >= 0.3 is 0 Å². The maximum absolute atomic E-state index is 10.9. The minimum absolute atomic E-state index is 0. The van der Waals surface area contributed by atoms with Crippen molar-refractivity contribution in [3.63, 3.8) is 0 Å². The second-order valence-electron chi connectivity index (χ2n) is 7.51. The molecule has 1 unspecified atom stereocenters. The first-order chi connectivity index (χ1) is 9.38. The number of hydrogen-bond donors (Lipinski definition) is 1. The predicted molar refractivity (Wildman–Crippen MR) is 87.8 cm³/mol. The smallest absolute Gasteiger partial charge is 0.147 e. The lowest BCUT2D eigenvalue weighted by atomic mass is 9.70. The van der Waals surface area contributed by atoms with E-state index in [1.54, 1.807) is 0 Å². The summed E-state index contributed by atoms with van der Waals surface area (Å²) in [5.41, 5.74) is 1.83. The van der Waals surface area contributed by atoms with Gasteiger partial charge < -0.3 is 29.1 Å². The van der Waals surface area contributed by atoms with Crippen LogP contribution in [0.25, 0.3) is 0 Å². The molecule has 0 heterocycles. The van der Waals surface area contributed by atoms with Gasteiger partial charge in [-0.25, -0.2) is 0 Å². The zero-order valence-corrected chi connectivity index (χ0v) is 16.4. The lowest BCUT2D eigenvalue weighted by Crippen LogP contribution is -3.00. The van der Waals surface area contributed by atoms with Crippen LogP contribution < -0.4 is 24.0 Å². The van der Waals surface area contributed by atoms with Gasteiger partial charge in [-0.2, -0.15) is 0 Å². The minimum Gasteiger partial charge on any atom is -1.00 e. The molecule has 0 aromatic heterocycles. The lowest BCUT2D eigenvalue weighted by molar-refractivity contribution is -0.0000142. The van der Waals surface area contributed by atoms with E-state index in [1.165, 1.54) is 18.4 Å². The van der Waals surface area contributed by atoms with Gasteiger partial charge in [0.05, 0.1) is 6.26 Å². The molecule has 1 N–H and O–H groups in total. The topological polar surface area (TPSA) is 20.2 Å². The molecule has 0 aliphatic heterocycles. The third-order valence-electron chi connectivity index (χ3n) is 6.44. The number of aliphatic hydroxyl groups is 1. The van der Waals surface area contributed by atoms with Gasteiger partial charge in [0.25, 0.3) is 0 Å². The van der Waals surface area contributed by atoms with Gasteiger partial charge in [0.15, 0.2) is 0 Å². The van der Waals surface area contributed by atoms with Crippen LogP contribution in [-0.4, -0.2) is 22.7 Å². The SMILES string of the molecule is C[S+](Cc1ccccc1)[C@@H]1[C@H]2CC[C@@](C)([C@@H]1O)C2(C)C.[I-]. The second-order valence-corrected chi connectivity index (χ2v) is 9.73. The Morgan fingerprint density at radius 1 is 1.19 bits per heavy atom. The van der Waals surface area contributed by atoms with Crippen molar-refractivity contribution in [2.24, 2.45) is 16.7 Å². The molecule has 2 aliphatic carbocycles. The molecule has 0 spiro atoms. The summed E-state index contributed by atoms with van der Waals surface area (Å²) in [6.07, 6.45) is 4.75. The highest BCUT2D eigenvalue weighted by Gasteiger charge is 2.69. The fourth-order valence-electron chi connectivity index (χ4n) is 4.68. The molecule has 1 nitrogen and oxygen atoms in total. The summed E-state index contributed by atoms with van der Waals surface area (Å²) in [5, 5.41) is 11.4. The molecule has 2 aliphatic rings. The summed E-state index contributed by atoms with van der Waals surface area (Å²) in [5.74, 6) is 1.81. The highest BCUT2D eigenvalue weighted by molar-refractivity contribution is 7.96. The Morgan fingerprint density at radius 2 is 1.81 bits per heavy atom. The molecular formula is C18H27IOS. The summed E-state index contributed by atoms with van der Waals surface area (Å²) in [4.78, 5) is 0. The van der Waals surface area contributed by atoms with Crippen LogP contribution in [0, 0.1) is 16.7 Å². The normalized spacial score (nSPS) is 38.0. The molecule has 21 heavy (non-hydrogen) atoms. The number of benzene rings is 1. The molecule has 2 fully saturated rings. The Balaban J connectivity index is 0.00000161. The van der Waals surface area contributed by atoms with Gasteiger partial charge in [-0.3, -0.25) is 0 Å². The molecule has 0 saturated heterocycles. The van der Waals surface area contributed by atoms with E-state index in [0.29, 0.717) is 11.2 Å². The largest absolute Gasteiger partial charge is 1.00 e. The number of fused-ring (bicyclic) bond motifs is 2. The van der Waals surface area contributed by atoms with E-state index >= 15 is 0 Å². The Kier molecular flexibility index (Phi) is 5.07. The average molecular weight is 418 g/mol. The van der Waals surface area contributed by atoms with E-state index in [-0.39, 0.29) is 51.8 Å². The van der Waals surface area contributed by atoms with Gasteiger partial charge in [-0.05, 0) is 29.2 Å². The predicted octanol–water partition coefficient (Wildman–Crippen LogP) is 0.624. The molecule has 5 atom stereocenters. The Labute approximate surface area is 149 Å². The zero-order valence-electron chi connectivity index (χ0n) is 13.5. The van der Waals surface area contributed by atoms with Crippen LogP contribution in [0.1, 0.15) is 39.2 Å². The van der Waals surface area contributed by atoms with E-state index in [1.807, 2.05) is 0 Å². The van der Waals surface area contributed by atoms with Gasteiger partial charge in [0, 0.05) is 16.9 Å². The Bertz CT molecular complexity index is 489. The van der Waals surface area contributed by atoms with Crippen LogP contribution in [0.2, 0.25) is 0 Å².